The van der Waals surface area contributed by atoms with Gasteiger partial charge >= 0.3 is 12.0 Å². The number of carbonyl (C=O) groups excluding carboxylic acids is 2. The molecule has 3 rings (SSSR count). The minimum atomic E-state index is -0.670. The van der Waals surface area contributed by atoms with Gasteiger partial charge in [0.2, 0.25) is 0 Å². The highest BCUT2D eigenvalue weighted by Gasteiger charge is 2.13. The van der Waals surface area contributed by atoms with Gasteiger partial charge in [0.05, 0.1) is 23.9 Å². The van der Waals surface area contributed by atoms with Crippen molar-refractivity contribution in [3.63, 3.8) is 0 Å². The second kappa shape index (κ2) is 8.85. The zero-order valence-electron chi connectivity index (χ0n) is 14.8. The fraction of sp³-hybridized carbons (Fsp3) is 0.105. The molecule has 0 saturated heterocycles. The van der Waals surface area contributed by atoms with Gasteiger partial charge in [0.15, 0.2) is 0 Å². The summed E-state index contributed by atoms with van der Waals surface area (Å²) in [5.41, 5.74) is 7.40. The smallest absolute Gasteiger partial charge is 0.338 e. The maximum absolute atomic E-state index is 12.2. The minimum Gasteiger partial charge on any atom is -0.496 e. The number of nitrogens with two attached hydrogens (primary N) is 1. The molecule has 0 radical (unpaired) electrons. The van der Waals surface area contributed by atoms with E-state index in [-0.39, 0.29) is 6.61 Å². The molecule has 0 bridgehead atoms. The zero-order chi connectivity index (χ0) is 20.1. The van der Waals surface area contributed by atoms with Gasteiger partial charge in [-0.05, 0) is 42.5 Å². The van der Waals surface area contributed by atoms with Crippen molar-refractivity contribution in [2.75, 3.05) is 12.4 Å². The minimum absolute atomic E-state index is 0.0486. The third kappa shape index (κ3) is 4.87. The molecule has 7 nitrogen and oxygen atoms in total. The number of hydrogen-bond acceptors (Lipinski definition) is 6. The summed E-state index contributed by atoms with van der Waals surface area (Å²) in [6.45, 7) is 0.0486. The number of nitrogens with zero attached hydrogens (tertiary/aromatic N) is 1. The van der Waals surface area contributed by atoms with Gasteiger partial charge in [0.25, 0.3) is 0 Å². The van der Waals surface area contributed by atoms with Crippen molar-refractivity contribution < 1.29 is 19.1 Å². The van der Waals surface area contributed by atoms with Crippen LogP contribution in [0.15, 0.2) is 52.3 Å². The number of urea groups is 1. The first kappa shape index (κ1) is 19.8. The van der Waals surface area contributed by atoms with E-state index in [0.717, 1.165) is 15.0 Å². The standard InChI is InChI=1S/C19H16BrN3O4S/c1-26-16-7-4-12(20)8-15(16)17-22-14(10-28-17)9-27-18(24)11-2-5-13(6-3-11)23-19(21)25/h2-8,10H,9H2,1H3,(H3,21,23,25). The van der Waals surface area contributed by atoms with E-state index in [1.165, 1.54) is 11.3 Å². The largest absolute Gasteiger partial charge is 0.496 e. The Hall–Kier alpha value is -2.91. The summed E-state index contributed by atoms with van der Waals surface area (Å²) in [5.74, 6) is 0.228. The van der Waals surface area contributed by atoms with Gasteiger partial charge in [-0.15, -0.1) is 11.3 Å². The SMILES string of the molecule is COc1ccc(Br)cc1-c1nc(COC(=O)c2ccc(NC(N)=O)cc2)cs1. The first-order valence-corrected chi connectivity index (χ1v) is 9.75. The van der Waals surface area contributed by atoms with Gasteiger partial charge in [-0.1, -0.05) is 15.9 Å². The van der Waals surface area contributed by atoms with Crippen LogP contribution in [0.4, 0.5) is 10.5 Å². The molecule has 0 aliphatic heterocycles. The molecule has 2 amide bonds. The number of nitrogens with one attached hydrogen (secondary N) is 1. The third-order valence-corrected chi connectivity index (χ3v) is 5.10. The Morgan fingerprint density at radius 1 is 1.21 bits per heavy atom. The lowest BCUT2D eigenvalue weighted by atomic mass is 10.2. The summed E-state index contributed by atoms with van der Waals surface area (Å²) < 4.78 is 11.6. The molecule has 3 N–H and O–H groups in total. The van der Waals surface area contributed by atoms with Crippen molar-refractivity contribution in [3.05, 3.63) is 63.6 Å². The fourth-order valence-corrected chi connectivity index (χ4v) is 3.58. The van der Waals surface area contributed by atoms with Crippen molar-refractivity contribution in [2.45, 2.75) is 6.61 Å². The van der Waals surface area contributed by atoms with E-state index in [1.54, 1.807) is 31.4 Å². The number of amides is 2. The first-order valence-electron chi connectivity index (χ1n) is 8.08. The summed E-state index contributed by atoms with van der Waals surface area (Å²) in [6.07, 6.45) is 0. The number of anilines is 1. The molecule has 1 aromatic heterocycles. The van der Waals surface area contributed by atoms with Gasteiger partial charge in [-0.2, -0.15) is 0 Å². The number of thiazole rings is 1. The Morgan fingerprint density at radius 3 is 2.64 bits per heavy atom. The predicted molar refractivity (Wildman–Crippen MR) is 111 cm³/mol. The maximum Gasteiger partial charge on any atom is 0.338 e. The Labute approximate surface area is 173 Å². The second-order valence-electron chi connectivity index (χ2n) is 5.63. The Bertz CT molecular complexity index is 1000. The van der Waals surface area contributed by atoms with Crippen molar-refractivity contribution in [1.82, 2.24) is 4.98 Å². The quantitative estimate of drug-likeness (QED) is 0.528. The molecule has 0 atom stereocenters. The van der Waals surface area contributed by atoms with Crippen LogP contribution in [0.5, 0.6) is 5.75 Å². The van der Waals surface area contributed by atoms with Gasteiger partial charge in [0.1, 0.15) is 17.4 Å². The molecule has 144 valence electrons. The number of esters is 1. The average Bonchev–Trinajstić information content (AvgIpc) is 3.15. The molecule has 1 heterocycles. The number of carbonyl (C=O) groups is 2. The van der Waals surface area contributed by atoms with Crippen LogP contribution in [0, 0.1) is 0 Å². The van der Waals surface area contributed by atoms with Crippen LogP contribution in [0.2, 0.25) is 0 Å². The number of primary amides is 1. The highest BCUT2D eigenvalue weighted by molar-refractivity contribution is 9.10. The molecule has 3 aromatic rings. The summed E-state index contributed by atoms with van der Waals surface area (Å²) in [5, 5.41) is 5.03. The average molecular weight is 462 g/mol. The van der Waals surface area contributed by atoms with Crippen LogP contribution in [0.1, 0.15) is 16.1 Å². The summed E-state index contributed by atoms with van der Waals surface area (Å²) in [4.78, 5) is 27.5. The number of halogens is 1. The van der Waals surface area contributed by atoms with Crippen molar-refractivity contribution in [1.29, 1.82) is 0 Å². The van der Waals surface area contributed by atoms with Gasteiger partial charge in [-0.25, -0.2) is 14.6 Å². The zero-order valence-corrected chi connectivity index (χ0v) is 17.2. The Balaban J connectivity index is 1.65. The van der Waals surface area contributed by atoms with Gasteiger partial charge < -0.3 is 20.5 Å². The third-order valence-electron chi connectivity index (χ3n) is 3.68. The summed E-state index contributed by atoms with van der Waals surface area (Å²) >= 11 is 4.89. The molecule has 0 fully saturated rings. The molecular formula is C19H16BrN3O4S. The molecular weight excluding hydrogens is 446 g/mol. The van der Waals surface area contributed by atoms with Crippen molar-refractivity contribution in [3.8, 4) is 16.3 Å². The molecule has 28 heavy (non-hydrogen) atoms. The van der Waals surface area contributed by atoms with Crippen LogP contribution >= 0.6 is 27.3 Å². The lowest BCUT2D eigenvalue weighted by Gasteiger charge is -2.06. The Kier molecular flexibility index (Phi) is 6.27. The normalized spacial score (nSPS) is 10.4. The van der Waals surface area contributed by atoms with Crippen LogP contribution in [0.3, 0.4) is 0 Å². The lowest BCUT2D eigenvalue weighted by Crippen LogP contribution is -2.19. The van der Waals surface area contributed by atoms with E-state index in [2.05, 4.69) is 26.2 Å². The van der Waals surface area contributed by atoms with E-state index < -0.39 is 12.0 Å². The number of ether oxygens (including phenoxy) is 2. The number of methoxy groups -OCH3 is 1. The topological polar surface area (TPSA) is 104 Å². The van der Waals surface area contributed by atoms with E-state index in [9.17, 15) is 9.59 Å². The van der Waals surface area contributed by atoms with E-state index in [0.29, 0.717) is 22.7 Å². The molecule has 0 saturated carbocycles. The Morgan fingerprint density at radius 2 is 1.96 bits per heavy atom. The molecule has 0 unspecified atom stereocenters. The van der Waals surface area contributed by atoms with Crippen LogP contribution in [0.25, 0.3) is 10.6 Å². The van der Waals surface area contributed by atoms with E-state index >= 15 is 0 Å². The molecule has 0 aliphatic carbocycles. The summed E-state index contributed by atoms with van der Waals surface area (Å²) in [7, 11) is 1.60. The molecule has 0 spiro atoms. The van der Waals surface area contributed by atoms with Gasteiger partial charge in [-0.3, -0.25) is 0 Å². The molecule has 2 aromatic carbocycles. The predicted octanol–water partition coefficient (Wildman–Crippen LogP) is 4.43. The number of benzene rings is 2. The van der Waals surface area contributed by atoms with Crippen molar-refractivity contribution >= 4 is 45.0 Å². The monoisotopic (exact) mass is 461 g/mol. The molecule has 0 aliphatic rings. The van der Waals surface area contributed by atoms with Crippen LogP contribution < -0.4 is 15.8 Å². The number of hydrogen-bond donors (Lipinski definition) is 2. The first-order chi connectivity index (χ1) is 13.5. The van der Waals surface area contributed by atoms with Crippen molar-refractivity contribution in [2.24, 2.45) is 5.73 Å². The highest BCUT2D eigenvalue weighted by Crippen LogP contribution is 2.34. The van der Waals surface area contributed by atoms with E-state index in [4.69, 9.17) is 15.2 Å². The summed E-state index contributed by atoms with van der Waals surface area (Å²) in [6, 6.07) is 11.2. The van der Waals surface area contributed by atoms with Crippen LogP contribution in [-0.4, -0.2) is 24.1 Å². The lowest BCUT2D eigenvalue weighted by molar-refractivity contribution is 0.0468. The fourth-order valence-electron chi connectivity index (χ4n) is 2.40. The second-order valence-corrected chi connectivity index (χ2v) is 7.41. The number of rotatable bonds is 6. The van der Waals surface area contributed by atoms with E-state index in [1.807, 2.05) is 23.6 Å². The number of aromatic nitrogens is 1. The maximum atomic E-state index is 12.2. The molecule has 9 heteroatoms. The van der Waals surface area contributed by atoms with Gasteiger partial charge in [0, 0.05) is 15.5 Å². The van der Waals surface area contributed by atoms with Crippen LogP contribution in [-0.2, 0) is 11.3 Å². The highest BCUT2D eigenvalue weighted by atomic mass is 79.9.